The smallest absolute Gasteiger partial charge is 0.116 e. The van der Waals surface area contributed by atoms with E-state index >= 15 is 0 Å². The van der Waals surface area contributed by atoms with Crippen molar-refractivity contribution in [1.29, 1.82) is 0 Å². The molecule has 18 heavy (non-hydrogen) atoms. The number of phenols is 1. The summed E-state index contributed by atoms with van der Waals surface area (Å²) in [6, 6.07) is 7.23. The Labute approximate surface area is 105 Å². The van der Waals surface area contributed by atoms with Crippen LogP contribution in [0.3, 0.4) is 0 Å². The van der Waals surface area contributed by atoms with Gasteiger partial charge in [-0.1, -0.05) is 12.1 Å². The summed E-state index contributed by atoms with van der Waals surface area (Å²) in [5.41, 5.74) is 3.02. The number of anilines is 1. The molecule has 3 N–H and O–H groups in total. The molecule has 1 saturated heterocycles. The molecule has 2 aromatic rings. The van der Waals surface area contributed by atoms with Crippen LogP contribution in [0.2, 0.25) is 0 Å². The van der Waals surface area contributed by atoms with Gasteiger partial charge in [0, 0.05) is 31.7 Å². The zero-order chi connectivity index (χ0) is 12.4. The molecule has 5 nitrogen and oxygen atoms in total. The number of aromatic amines is 1. The van der Waals surface area contributed by atoms with Crippen molar-refractivity contribution in [3.63, 3.8) is 0 Å². The first kappa shape index (κ1) is 11.1. The molecule has 94 valence electrons. The second-order valence-corrected chi connectivity index (χ2v) is 4.42. The highest BCUT2D eigenvalue weighted by molar-refractivity contribution is 5.75. The van der Waals surface area contributed by atoms with Gasteiger partial charge in [0.25, 0.3) is 0 Å². The molecule has 0 bridgehead atoms. The fraction of sp³-hybridized carbons (Fsp3) is 0.308. The van der Waals surface area contributed by atoms with E-state index < -0.39 is 0 Å². The van der Waals surface area contributed by atoms with Crippen molar-refractivity contribution in [3.05, 3.63) is 30.5 Å². The van der Waals surface area contributed by atoms with E-state index in [4.69, 9.17) is 0 Å². The van der Waals surface area contributed by atoms with E-state index in [2.05, 4.69) is 20.4 Å². The first-order valence-corrected chi connectivity index (χ1v) is 6.13. The summed E-state index contributed by atoms with van der Waals surface area (Å²) in [6.07, 6.45) is 1.85. The summed E-state index contributed by atoms with van der Waals surface area (Å²) >= 11 is 0. The minimum Gasteiger partial charge on any atom is -0.508 e. The molecule has 1 aliphatic heterocycles. The van der Waals surface area contributed by atoms with Crippen LogP contribution < -0.4 is 10.2 Å². The first-order chi connectivity index (χ1) is 8.84. The van der Waals surface area contributed by atoms with E-state index in [-0.39, 0.29) is 5.75 Å². The molecule has 0 radical (unpaired) electrons. The van der Waals surface area contributed by atoms with Gasteiger partial charge in [0.1, 0.15) is 5.75 Å². The average molecular weight is 244 g/mol. The van der Waals surface area contributed by atoms with Crippen molar-refractivity contribution in [3.8, 4) is 17.0 Å². The molecule has 0 spiro atoms. The van der Waals surface area contributed by atoms with Crippen LogP contribution in [0.1, 0.15) is 0 Å². The van der Waals surface area contributed by atoms with Gasteiger partial charge in [-0.25, -0.2) is 0 Å². The predicted molar refractivity (Wildman–Crippen MR) is 70.8 cm³/mol. The Bertz CT molecular complexity index is 531. The number of aromatic hydroxyl groups is 1. The zero-order valence-corrected chi connectivity index (χ0v) is 10.1. The molecule has 0 aliphatic carbocycles. The van der Waals surface area contributed by atoms with Crippen LogP contribution in [0.4, 0.5) is 5.69 Å². The second-order valence-electron chi connectivity index (χ2n) is 4.42. The number of nitrogens with one attached hydrogen (secondary N) is 2. The Morgan fingerprint density at radius 1 is 1.22 bits per heavy atom. The molecule has 2 heterocycles. The summed E-state index contributed by atoms with van der Waals surface area (Å²) < 4.78 is 0. The van der Waals surface area contributed by atoms with Crippen LogP contribution >= 0.6 is 0 Å². The molecule has 1 aliphatic rings. The Balaban J connectivity index is 1.95. The predicted octanol–water partition coefficient (Wildman–Crippen LogP) is 1.19. The van der Waals surface area contributed by atoms with Gasteiger partial charge in [-0.15, -0.1) is 0 Å². The lowest BCUT2D eigenvalue weighted by Crippen LogP contribution is -2.43. The van der Waals surface area contributed by atoms with Crippen LogP contribution in [0.5, 0.6) is 5.75 Å². The molecule has 1 fully saturated rings. The number of H-pyrrole nitrogens is 1. The lowest BCUT2D eigenvalue weighted by Gasteiger charge is -2.29. The Morgan fingerprint density at radius 2 is 2.06 bits per heavy atom. The van der Waals surface area contributed by atoms with E-state index in [9.17, 15) is 5.11 Å². The summed E-state index contributed by atoms with van der Waals surface area (Å²) in [5.74, 6) is 0.272. The quantitative estimate of drug-likeness (QED) is 0.742. The first-order valence-electron chi connectivity index (χ1n) is 6.13. The van der Waals surface area contributed by atoms with Crippen molar-refractivity contribution >= 4 is 5.69 Å². The van der Waals surface area contributed by atoms with Gasteiger partial charge >= 0.3 is 0 Å². The van der Waals surface area contributed by atoms with E-state index in [1.54, 1.807) is 12.1 Å². The SMILES string of the molecule is Oc1cccc(-c2[nH]ncc2N2CCNCC2)c1. The third-order valence-corrected chi connectivity index (χ3v) is 3.21. The van der Waals surface area contributed by atoms with Crippen molar-refractivity contribution in [2.45, 2.75) is 0 Å². The Kier molecular flexibility index (Phi) is 2.90. The largest absolute Gasteiger partial charge is 0.508 e. The minimum atomic E-state index is 0.272. The third-order valence-electron chi connectivity index (χ3n) is 3.21. The standard InChI is InChI=1S/C13H16N4O/c18-11-3-1-2-10(8-11)13-12(9-15-16-13)17-6-4-14-5-7-17/h1-3,8-9,14,18H,4-7H2,(H,15,16). The number of aromatic nitrogens is 2. The van der Waals surface area contributed by atoms with Crippen molar-refractivity contribution in [2.75, 3.05) is 31.1 Å². The summed E-state index contributed by atoms with van der Waals surface area (Å²) in [4.78, 5) is 2.30. The molecule has 5 heteroatoms. The van der Waals surface area contributed by atoms with Crippen molar-refractivity contribution < 1.29 is 5.11 Å². The van der Waals surface area contributed by atoms with Crippen LogP contribution in [0.25, 0.3) is 11.3 Å². The maximum atomic E-state index is 9.56. The monoisotopic (exact) mass is 244 g/mol. The van der Waals surface area contributed by atoms with Gasteiger partial charge in [-0.3, -0.25) is 5.10 Å². The Morgan fingerprint density at radius 3 is 2.83 bits per heavy atom. The van der Waals surface area contributed by atoms with E-state index in [1.165, 1.54) is 0 Å². The molecule has 0 unspecified atom stereocenters. The number of piperazine rings is 1. The maximum absolute atomic E-state index is 9.56. The molecule has 0 amide bonds. The lowest BCUT2D eigenvalue weighted by molar-refractivity contribution is 0.475. The average Bonchev–Trinajstić information content (AvgIpc) is 2.89. The second kappa shape index (κ2) is 4.70. The fourth-order valence-electron chi connectivity index (χ4n) is 2.30. The van der Waals surface area contributed by atoms with Gasteiger partial charge < -0.3 is 15.3 Å². The van der Waals surface area contributed by atoms with Crippen LogP contribution in [-0.2, 0) is 0 Å². The number of rotatable bonds is 2. The van der Waals surface area contributed by atoms with Crippen molar-refractivity contribution in [2.24, 2.45) is 0 Å². The molecule has 0 atom stereocenters. The van der Waals surface area contributed by atoms with Gasteiger partial charge in [-0.2, -0.15) is 5.10 Å². The molecule has 0 saturated carbocycles. The molecular formula is C13H16N4O. The van der Waals surface area contributed by atoms with Gasteiger partial charge in [0.15, 0.2) is 0 Å². The Hall–Kier alpha value is -2.01. The minimum absolute atomic E-state index is 0.272. The van der Waals surface area contributed by atoms with Gasteiger partial charge in [-0.05, 0) is 12.1 Å². The van der Waals surface area contributed by atoms with Crippen LogP contribution in [0, 0.1) is 0 Å². The molecule has 1 aromatic carbocycles. The van der Waals surface area contributed by atoms with E-state index in [0.717, 1.165) is 43.1 Å². The number of phenolic OH excluding ortho intramolecular Hbond substituents is 1. The summed E-state index contributed by atoms with van der Waals surface area (Å²) in [5, 5.41) is 20.0. The highest BCUT2D eigenvalue weighted by atomic mass is 16.3. The van der Waals surface area contributed by atoms with E-state index in [0.29, 0.717) is 0 Å². The van der Waals surface area contributed by atoms with Gasteiger partial charge in [0.2, 0.25) is 0 Å². The van der Waals surface area contributed by atoms with E-state index in [1.807, 2.05) is 18.3 Å². The topological polar surface area (TPSA) is 64.2 Å². The van der Waals surface area contributed by atoms with Gasteiger partial charge in [0.05, 0.1) is 17.6 Å². The van der Waals surface area contributed by atoms with Crippen LogP contribution in [0.15, 0.2) is 30.5 Å². The van der Waals surface area contributed by atoms with Crippen molar-refractivity contribution in [1.82, 2.24) is 15.5 Å². The number of hydrogen-bond acceptors (Lipinski definition) is 4. The summed E-state index contributed by atoms with van der Waals surface area (Å²) in [6.45, 7) is 3.94. The molecule has 1 aromatic heterocycles. The molecular weight excluding hydrogens is 228 g/mol. The molecule has 3 rings (SSSR count). The zero-order valence-electron chi connectivity index (χ0n) is 10.1. The third kappa shape index (κ3) is 2.04. The highest BCUT2D eigenvalue weighted by Gasteiger charge is 2.16. The maximum Gasteiger partial charge on any atom is 0.116 e. The number of benzene rings is 1. The normalized spacial score (nSPS) is 15.9. The lowest BCUT2D eigenvalue weighted by atomic mass is 10.1. The van der Waals surface area contributed by atoms with Crippen LogP contribution in [-0.4, -0.2) is 41.5 Å². The fourth-order valence-corrected chi connectivity index (χ4v) is 2.30. The number of nitrogens with zero attached hydrogens (tertiary/aromatic N) is 2. The highest BCUT2D eigenvalue weighted by Crippen LogP contribution is 2.30. The number of hydrogen-bond donors (Lipinski definition) is 3. The summed E-state index contributed by atoms with van der Waals surface area (Å²) in [7, 11) is 0.